The molecule has 3 atom stereocenters. The van der Waals surface area contributed by atoms with E-state index in [0.717, 1.165) is 47.5 Å². The highest BCUT2D eigenvalue weighted by atomic mass is 16.5. The molecule has 3 N–H and O–H groups in total. The number of ether oxygens (including phenoxy) is 1. The average Bonchev–Trinajstić information content (AvgIpc) is 3.43. The Balaban J connectivity index is 1.12. The molecule has 12 nitrogen and oxygen atoms in total. The Hall–Kier alpha value is -4.97. The quantitative estimate of drug-likeness (QED) is 0.263. The van der Waals surface area contributed by atoms with E-state index in [0.29, 0.717) is 60.4 Å². The first-order valence-corrected chi connectivity index (χ1v) is 16.9. The smallest absolute Gasteiger partial charge is 0.254 e. The number of imidazole rings is 1. The van der Waals surface area contributed by atoms with Gasteiger partial charge in [-0.2, -0.15) is 0 Å². The van der Waals surface area contributed by atoms with Crippen molar-refractivity contribution in [2.75, 3.05) is 26.7 Å². The van der Waals surface area contributed by atoms with E-state index in [1.54, 1.807) is 18.1 Å². The molecule has 2 amide bonds. The second kappa shape index (κ2) is 11.0. The van der Waals surface area contributed by atoms with Gasteiger partial charge in [0.15, 0.2) is 5.82 Å². The molecule has 1 aromatic carbocycles. The van der Waals surface area contributed by atoms with Crippen LogP contribution in [0.1, 0.15) is 46.4 Å². The molecule has 246 valence electrons. The molecule has 12 heteroatoms. The van der Waals surface area contributed by atoms with E-state index in [4.69, 9.17) is 20.4 Å². The number of piperidine rings is 1. The zero-order chi connectivity index (χ0) is 32.7. The van der Waals surface area contributed by atoms with Crippen LogP contribution in [0.2, 0.25) is 0 Å². The fourth-order valence-corrected chi connectivity index (χ4v) is 8.22. The number of carbonyl (C=O) groups is 2. The van der Waals surface area contributed by atoms with Crippen LogP contribution in [-0.4, -0.2) is 84.5 Å². The number of methoxy groups -OCH3 is 1. The highest BCUT2D eigenvalue weighted by Crippen LogP contribution is 2.41. The number of aromatic amines is 1. The SMILES string of the molecule is COc1cc(C(=O)N2C[C@H]3CC[C@@H]2[C@@H]3N)cc2nc(-c3cc4cccnc4n3CC3CC3)n(CC3CN(C(=O)c4cc[nH]c(=O)c4)C3)c12. The summed E-state index contributed by atoms with van der Waals surface area (Å²) in [6.07, 6.45) is 7.74. The molecule has 48 heavy (non-hydrogen) atoms. The van der Waals surface area contributed by atoms with E-state index < -0.39 is 0 Å². The highest BCUT2D eigenvalue weighted by Gasteiger charge is 2.47. The predicted molar refractivity (Wildman–Crippen MR) is 180 cm³/mol. The van der Waals surface area contributed by atoms with Crippen molar-refractivity contribution in [2.24, 2.45) is 23.5 Å². The van der Waals surface area contributed by atoms with Gasteiger partial charge in [-0.3, -0.25) is 14.4 Å². The first-order chi connectivity index (χ1) is 23.4. The largest absolute Gasteiger partial charge is 0.494 e. The fraction of sp³-hybridized carbons (Fsp3) is 0.417. The summed E-state index contributed by atoms with van der Waals surface area (Å²) in [5.41, 5.74) is 10.5. The second-order valence-corrected chi connectivity index (χ2v) is 14.0. The lowest BCUT2D eigenvalue weighted by atomic mass is 9.98. The molecule has 0 spiro atoms. The third kappa shape index (κ3) is 4.72. The van der Waals surface area contributed by atoms with Crippen LogP contribution in [-0.2, 0) is 13.1 Å². The zero-order valence-corrected chi connectivity index (χ0v) is 26.8. The number of hydrogen-bond acceptors (Lipinski definition) is 7. The number of fused-ring (bicyclic) bond motifs is 4. The van der Waals surface area contributed by atoms with Crippen LogP contribution in [0.4, 0.5) is 0 Å². The molecule has 2 aliphatic carbocycles. The van der Waals surface area contributed by atoms with Gasteiger partial charge in [0.05, 0.1) is 18.3 Å². The van der Waals surface area contributed by atoms with E-state index in [9.17, 15) is 14.4 Å². The Labute approximate surface area is 276 Å². The van der Waals surface area contributed by atoms with Gasteiger partial charge < -0.3 is 34.4 Å². The Kier molecular flexibility index (Phi) is 6.72. The summed E-state index contributed by atoms with van der Waals surface area (Å²) < 4.78 is 10.5. The van der Waals surface area contributed by atoms with Gasteiger partial charge in [-0.1, -0.05) is 0 Å². The van der Waals surface area contributed by atoms with Crippen LogP contribution >= 0.6 is 0 Å². The summed E-state index contributed by atoms with van der Waals surface area (Å²) in [6, 6.07) is 13.0. The van der Waals surface area contributed by atoms with E-state index in [2.05, 4.69) is 26.3 Å². The number of hydrogen-bond donors (Lipinski definition) is 2. The topological polar surface area (TPSA) is 144 Å². The lowest BCUT2D eigenvalue weighted by Gasteiger charge is -2.39. The zero-order valence-electron chi connectivity index (χ0n) is 26.8. The molecule has 0 unspecified atom stereocenters. The fourth-order valence-electron chi connectivity index (χ4n) is 8.22. The molecule has 0 radical (unpaired) electrons. The molecule has 2 saturated heterocycles. The lowest BCUT2D eigenvalue weighted by molar-refractivity contribution is 0.0471. The number of nitrogens with zero attached hydrogens (tertiary/aromatic N) is 6. The number of amides is 2. The van der Waals surface area contributed by atoms with Crippen molar-refractivity contribution in [3.05, 3.63) is 76.3 Å². The van der Waals surface area contributed by atoms with Crippen LogP contribution < -0.4 is 16.0 Å². The van der Waals surface area contributed by atoms with Crippen molar-refractivity contribution >= 4 is 33.9 Å². The Morgan fingerprint density at radius 3 is 2.52 bits per heavy atom. The van der Waals surface area contributed by atoms with Gasteiger partial charge in [0.2, 0.25) is 5.56 Å². The normalized spacial score (nSPS) is 22.2. The van der Waals surface area contributed by atoms with Crippen molar-refractivity contribution in [3.8, 4) is 17.3 Å². The third-order valence-electron chi connectivity index (χ3n) is 10.9. The third-order valence-corrected chi connectivity index (χ3v) is 10.9. The van der Waals surface area contributed by atoms with E-state index in [1.165, 1.54) is 25.1 Å². The van der Waals surface area contributed by atoms with Gasteiger partial charge in [0, 0.05) is 85.7 Å². The number of H-pyrrole nitrogens is 1. The number of aromatic nitrogens is 5. The number of rotatable bonds is 8. The van der Waals surface area contributed by atoms with Crippen LogP contribution in [0.3, 0.4) is 0 Å². The molecular weight excluding hydrogens is 608 g/mol. The minimum atomic E-state index is -0.298. The van der Waals surface area contributed by atoms with Crippen molar-refractivity contribution in [3.63, 3.8) is 0 Å². The van der Waals surface area contributed by atoms with Crippen LogP contribution in [0.25, 0.3) is 33.6 Å². The molecule has 5 aromatic rings. The molecule has 2 bridgehead atoms. The van der Waals surface area contributed by atoms with Crippen molar-refractivity contribution in [1.29, 1.82) is 0 Å². The van der Waals surface area contributed by atoms with Crippen molar-refractivity contribution in [1.82, 2.24) is 33.9 Å². The number of carbonyl (C=O) groups excluding carboxylic acids is 2. The summed E-state index contributed by atoms with van der Waals surface area (Å²) >= 11 is 0. The molecule has 4 aromatic heterocycles. The monoisotopic (exact) mass is 646 g/mol. The number of pyridine rings is 2. The Bertz CT molecular complexity index is 2160. The number of nitrogens with two attached hydrogens (primary N) is 1. The van der Waals surface area contributed by atoms with E-state index in [1.807, 2.05) is 29.3 Å². The van der Waals surface area contributed by atoms with Gasteiger partial charge in [-0.15, -0.1) is 0 Å². The molecule has 4 aliphatic rings. The first kappa shape index (κ1) is 29.2. The summed E-state index contributed by atoms with van der Waals surface area (Å²) in [4.78, 5) is 55.2. The van der Waals surface area contributed by atoms with E-state index >= 15 is 0 Å². The molecule has 2 aliphatic heterocycles. The summed E-state index contributed by atoms with van der Waals surface area (Å²) in [5.74, 6) is 2.30. The molecule has 9 rings (SSSR count). The van der Waals surface area contributed by atoms with Crippen LogP contribution in [0.15, 0.2) is 59.7 Å². The summed E-state index contributed by atoms with van der Waals surface area (Å²) in [7, 11) is 1.63. The van der Waals surface area contributed by atoms with Gasteiger partial charge in [0.25, 0.3) is 11.8 Å². The van der Waals surface area contributed by atoms with E-state index in [-0.39, 0.29) is 35.4 Å². The molecule has 2 saturated carbocycles. The number of benzene rings is 1. The predicted octanol–water partition coefficient (Wildman–Crippen LogP) is 3.49. The maximum atomic E-state index is 13.9. The number of nitrogens with one attached hydrogen (secondary N) is 1. The van der Waals surface area contributed by atoms with Crippen LogP contribution in [0.5, 0.6) is 5.75 Å². The Morgan fingerprint density at radius 1 is 0.958 bits per heavy atom. The molecule has 6 heterocycles. The number of likely N-dealkylation sites (tertiary alicyclic amines) is 2. The van der Waals surface area contributed by atoms with Gasteiger partial charge >= 0.3 is 0 Å². The maximum Gasteiger partial charge on any atom is 0.254 e. The standard InChI is InChI=1S/C36H38N8O4/c1-48-29-13-25(36(47)43-19-24-6-7-27(43)31(24)37)11-26-32(29)44(18-21-15-41(16-21)35(46)23-8-10-38-30(45)14-23)34(40-26)28-12-22-3-2-9-39-33(22)42(28)17-20-4-5-20/h2-3,8-14,20-21,24,27,31H,4-7,15-19,37H2,1H3,(H,38,45)/t24-,27-,31-/m1/s1. The second-order valence-electron chi connectivity index (χ2n) is 14.0. The highest BCUT2D eigenvalue weighted by molar-refractivity contribution is 6.00. The minimum Gasteiger partial charge on any atom is -0.494 e. The average molecular weight is 647 g/mol. The molecular formula is C36H38N8O4. The van der Waals surface area contributed by atoms with Crippen LogP contribution in [0, 0.1) is 17.8 Å². The van der Waals surface area contributed by atoms with Gasteiger partial charge in [-0.05, 0) is 73.9 Å². The Morgan fingerprint density at radius 2 is 1.79 bits per heavy atom. The molecule has 4 fully saturated rings. The lowest BCUT2D eigenvalue weighted by Crippen LogP contribution is -2.51. The summed E-state index contributed by atoms with van der Waals surface area (Å²) in [5, 5.41) is 1.05. The minimum absolute atomic E-state index is 0.0314. The summed E-state index contributed by atoms with van der Waals surface area (Å²) in [6.45, 7) is 3.24. The van der Waals surface area contributed by atoms with Crippen molar-refractivity contribution < 1.29 is 14.3 Å². The van der Waals surface area contributed by atoms with Crippen molar-refractivity contribution in [2.45, 2.75) is 50.9 Å². The first-order valence-electron chi connectivity index (χ1n) is 16.9. The maximum absolute atomic E-state index is 13.9. The van der Waals surface area contributed by atoms with Gasteiger partial charge in [-0.25, -0.2) is 9.97 Å². The van der Waals surface area contributed by atoms with Gasteiger partial charge in [0.1, 0.15) is 16.9 Å².